The van der Waals surface area contributed by atoms with E-state index < -0.39 is 8.32 Å². The molecule has 0 bridgehead atoms. The Bertz CT molecular complexity index is 254. The average Bonchev–Trinajstić information content (AvgIpc) is 2.83. The van der Waals surface area contributed by atoms with Crippen molar-refractivity contribution < 1.29 is 9.16 Å². The average molecular weight is 315 g/mol. The van der Waals surface area contributed by atoms with Gasteiger partial charge in [-0.2, -0.15) is 0 Å². The van der Waals surface area contributed by atoms with Gasteiger partial charge < -0.3 is 9.16 Å². The van der Waals surface area contributed by atoms with E-state index in [1.807, 2.05) is 0 Å². The zero-order chi connectivity index (χ0) is 15.6. The van der Waals surface area contributed by atoms with Gasteiger partial charge in [0.25, 0.3) is 0 Å². The third-order valence-corrected chi connectivity index (χ3v) is 5.37. The van der Waals surface area contributed by atoms with E-state index in [1.165, 1.54) is 64.2 Å². The number of ether oxygens (including phenoxy) is 1. The van der Waals surface area contributed by atoms with Crippen molar-refractivity contribution in [2.75, 3.05) is 13.2 Å². The second-order valence-electron chi connectivity index (χ2n) is 7.78. The zero-order valence-electron chi connectivity index (χ0n) is 15.0. The van der Waals surface area contributed by atoms with Crippen molar-refractivity contribution in [3.8, 4) is 0 Å². The van der Waals surface area contributed by atoms with E-state index in [-0.39, 0.29) is 5.60 Å². The molecule has 0 N–H and O–H groups in total. The molecule has 126 valence electrons. The minimum Gasteiger partial charge on any atom is -0.410 e. The maximum Gasteiger partial charge on any atom is 0.184 e. The SMILES string of the molecule is CCCCCCCCCCCC1(O[Si](C)(C)C)CCOC1. The number of hydrogen-bond acceptors (Lipinski definition) is 2. The van der Waals surface area contributed by atoms with Gasteiger partial charge in [0.2, 0.25) is 0 Å². The summed E-state index contributed by atoms with van der Waals surface area (Å²) in [5, 5.41) is 0. The summed E-state index contributed by atoms with van der Waals surface area (Å²) in [5.74, 6) is 0. The lowest BCUT2D eigenvalue weighted by atomic mass is 9.95. The molecule has 0 amide bonds. The Morgan fingerprint density at radius 2 is 1.48 bits per heavy atom. The molecule has 1 atom stereocenters. The normalized spacial score (nSPS) is 22.9. The number of hydrogen-bond donors (Lipinski definition) is 0. The molecule has 0 spiro atoms. The van der Waals surface area contributed by atoms with Crippen molar-refractivity contribution in [2.24, 2.45) is 0 Å². The first-order valence-electron chi connectivity index (χ1n) is 9.25. The fourth-order valence-electron chi connectivity index (χ4n) is 3.32. The van der Waals surface area contributed by atoms with Gasteiger partial charge in [0.15, 0.2) is 8.32 Å². The summed E-state index contributed by atoms with van der Waals surface area (Å²) >= 11 is 0. The van der Waals surface area contributed by atoms with Crippen molar-refractivity contribution in [3.63, 3.8) is 0 Å². The molecule has 0 saturated carbocycles. The summed E-state index contributed by atoms with van der Waals surface area (Å²) in [4.78, 5) is 0. The first kappa shape index (κ1) is 19.2. The van der Waals surface area contributed by atoms with Crippen LogP contribution in [-0.4, -0.2) is 27.1 Å². The quantitative estimate of drug-likeness (QED) is 0.329. The van der Waals surface area contributed by atoms with Crippen LogP contribution in [0.3, 0.4) is 0 Å². The largest absolute Gasteiger partial charge is 0.410 e. The molecule has 0 aromatic rings. The highest BCUT2D eigenvalue weighted by Crippen LogP contribution is 2.32. The van der Waals surface area contributed by atoms with E-state index in [2.05, 4.69) is 26.6 Å². The van der Waals surface area contributed by atoms with Crippen LogP contribution in [0.1, 0.15) is 77.6 Å². The molecule has 1 heterocycles. The first-order chi connectivity index (χ1) is 9.97. The number of unbranched alkanes of at least 4 members (excludes halogenated alkanes) is 8. The second-order valence-corrected chi connectivity index (χ2v) is 12.2. The highest BCUT2D eigenvalue weighted by molar-refractivity contribution is 6.69. The van der Waals surface area contributed by atoms with Crippen LogP contribution < -0.4 is 0 Å². The Labute approximate surface area is 134 Å². The van der Waals surface area contributed by atoms with Crippen LogP contribution in [0.2, 0.25) is 19.6 Å². The van der Waals surface area contributed by atoms with Crippen molar-refractivity contribution in [3.05, 3.63) is 0 Å². The third kappa shape index (κ3) is 8.99. The van der Waals surface area contributed by atoms with Gasteiger partial charge in [0.05, 0.1) is 12.2 Å². The molecule has 1 rings (SSSR count). The summed E-state index contributed by atoms with van der Waals surface area (Å²) in [6, 6.07) is 0. The van der Waals surface area contributed by atoms with Gasteiger partial charge in [0.1, 0.15) is 0 Å². The lowest BCUT2D eigenvalue weighted by Gasteiger charge is -2.35. The molecule has 3 heteroatoms. The molecular weight excluding hydrogens is 276 g/mol. The van der Waals surface area contributed by atoms with Gasteiger partial charge in [-0.25, -0.2) is 0 Å². The molecule has 0 aromatic heterocycles. The Kier molecular flexibility index (Phi) is 9.15. The zero-order valence-corrected chi connectivity index (χ0v) is 16.0. The molecular formula is C18H38O2Si. The first-order valence-corrected chi connectivity index (χ1v) is 12.7. The summed E-state index contributed by atoms with van der Waals surface area (Å²) in [7, 11) is -1.47. The van der Waals surface area contributed by atoms with Crippen LogP contribution in [0.15, 0.2) is 0 Å². The van der Waals surface area contributed by atoms with Crippen molar-refractivity contribution >= 4 is 8.32 Å². The Hall–Kier alpha value is 0.137. The molecule has 1 fully saturated rings. The molecule has 2 nitrogen and oxygen atoms in total. The minimum absolute atomic E-state index is 0.0611. The standard InChI is InChI=1S/C18H38O2Si/c1-5-6-7-8-9-10-11-12-13-14-18(15-16-19-17-18)20-21(2,3)4/h5-17H2,1-4H3. The van der Waals surface area contributed by atoms with Crippen LogP contribution >= 0.6 is 0 Å². The fraction of sp³-hybridized carbons (Fsp3) is 1.00. The van der Waals surface area contributed by atoms with Crippen LogP contribution in [-0.2, 0) is 9.16 Å². The van der Waals surface area contributed by atoms with Gasteiger partial charge >= 0.3 is 0 Å². The maximum absolute atomic E-state index is 6.47. The van der Waals surface area contributed by atoms with Crippen LogP contribution in [0.5, 0.6) is 0 Å². The van der Waals surface area contributed by atoms with Gasteiger partial charge in [0, 0.05) is 13.0 Å². The lowest BCUT2D eigenvalue weighted by Crippen LogP contribution is -2.43. The summed E-state index contributed by atoms with van der Waals surface area (Å²) in [5.41, 5.74) is 0.0611. The smallest absolute Gasteiger partial charge is 0.184 e. The summed E-state index contributed by atoms with van der Waals surface area (Å²) in [6.07, 6.45) is 14.9. The van der Waals surface area contributed by atoms with E-state index in [0.29, 0.717) is 0 Å². The Balaban J connectivity index is 2.09. The summed E-state index contributed by atoms with van der Waals surface area (Å²) < 4.78 is 12.1. The van der Waals surface area contributed by atoms with E-state index in [9.17, 15) is 0 Å². The molecule has 0 aromatic carbocycles. The van der Waals surface area contributed by atoms with Crippen molar-refractivity contribution in [1.82, 2.24) is 0 Å². The maximum atomic E-state index is 6.47. The molecule has 0 radical (unpaired) electrons. The molecule has 1 unspecified atom stereocenters. The molecule has 1 aliphatic heterocycles. The topological polar surface area (TPSA) is 18.5 Å². The van der Waals surface area contributed by atoms with Gasteiger partial charge in [-0.05, 0) is 26.1 Å². The van der Waals surface area contributed by atoms with Gasteiger partial charge in [-0.3, -0.25) is 0 Å². The predicted molar refractivity (Wildman–Crippen MR) is 94.4 cm³/mol. The lowest BCUT2D eigenvalue weighted by molar-refractivity contribution is 0.0338. The summed E-state index contributed by atoms with van der Waals surface area (Å²) in [6.45, 7) is 10.9. The van der Waals surface area contributed by atoms with Crippen LogP contribution in [0, 0.1) is 0 Å². The van der Waals surface area contributed by atoms with Crippen molar-refractivity contribution in [1.29, 1.82) is 0 Å². The fourth-order valence-corrected chi connectivity index (χ4v) is 4.89. The van der Waals surface area contributed by atoms with E-state index >= 15 is 0 Å². The highest BCUT2D eigenvalue weighted by Gasteiger charge is 2.38. The Morgan fingerprint density at radius 3 is 1.95 bits per heavy atom. The minimum atomic E-state index is -1.47. The molecule has 1 aliphatic rings. The number of rotatable bonds is 12. The van der Waals surface area contributed by atoms with Crippen LogP contribution in [0.4, 0.5) is 0 Å². The van der Waals surface area contributed by atoms with Crippen LogP contribution in [0.25, 0.3) is 0 Å². The van der Waals surface area contributed by atoms with E-state index in [4.69, 9.17) is 9.16 Å². The predicted octanol–water partition coefficient (Wildman–Crippen LogP) is 5.92. The molecule has 21 heavy (non-hydrogen) atoms. The second kappa shape index (κ2) is 10.0. The van der Waals surface area contributed by atoms with Gasteiger partial charge in [-0.15, -0.1) is 0 Å². The molecule has 0 aliphatic carbocycles. The molecule has 1 saturated heterocycles. The Morgan fingerprint density at radius 1 is 0.905 bits per heavy atom. The highest BCUT2D eigenvalue weighted by atomic mass is 28.4. The van der Waals surface area contributed by atoms with Crippen molar-refractivity contribution in [2.45, 2.75) is 103 Å². The van der Waals surface area contributed by atoms with E-state index in [1.54, 1.807) is 0 Å². The van der Waals surface area contributed by atoms with Gasteiger partial charge in [-0.1, -0.05) is 64.7 Å². The monoisotopic (exact) mass is 314 g/mol. The third-order valence-electron chi connectivity index (χ3n) is 4.33. The van der Waals surface area contributed by atoms with E-state index in [0.717, 1.165) is 19.6 Å².